The Balaban J connectivity index is 1.28. The molecule has 1 aromatic carbocycles. The summed E-state index contributed by atoms with van der Waals surface area (Å²) in [5.41, 5.74) is 8.08. The average Bonchev–Trinajstić information content (AvgIpc) is 3.25. The minimum atomic E-state index is 0.0226. The first-order chi connectivity index (χ1) is 13.1. The molecular formula is C21H25ClN4O. The molecule has 142 valence electrons. The molecule has 2 aliphatic heterocycles. The Bertz CT molecular complexity index is 786. The molecule has 5 nitrogen and oxygen atoms in total. The molecule has 1 aromatic heterocycles. The monoisotopic (exact) mass is 384 g/mol. The van der Waals surface area contributed by atoms with Crippen LogP contribution >= 0.6 is 11.6 Å². The second-order valence-electron chi connectivity index (χ2n) is 7.65. The third kappa shape index (κ3) is 4.00. The van der Waals surface area contributed by atoms with Gasteiger partial charge in [-0.2, -0.15) is 0 Å². The van der Waals surface area contributed by atoms with Gasteiger partial charge in [0.2, 0.25) is 0 Å². The zero-order chi connectivity index (χ0) is 18.8. The molecule has 3 atom stereocenters. The van der Waals surface area contributed by atoms with Gasteiger partial charge in [-0.25, -0.2) is 0 Å². The van der Waals surface area contributed by atoms with Crippen molar-refractivity contribution in [3.8, 4) is 0 Å². The summed E-state index contributed by atoms with van der Waals surface area (Å²) in [6.07, 6.45) is 4.11. The zero-order valence-electron chi connectivity index (χ0n) is 15.3. The maximum Gasteiger partial charge on any atom is 0.255 e. The highest BCUT2D eigenvalue weighted by atomic mass is 35.5. The van der Waals surface area contributed by atoms with Gasteiger partial charge in [-0.05, 0) is 36.4 Å². The third-order valence-electron chi connectivity index (χ3n) is 5.84. The molecule has 0 spiro atoms. The molecule has 1 amide bonds. The first-order valence-electron chi connectivity index (χ1n) is 9.53. The van der Waals surface area contributed by atoms with Crippen molar-refractivity contribution in [2.24, 2.45) is 17.6 Å². The van der Waals surface area contributed by atoms with Crippen LogP contribution in [0.3, 0.4) is 0 Å². The van der Waals surface area contributed by atoms with E-state index >= 15 is 0 Å². The summed E-state index contributed by atoms with van der Waals surface area (Å²) in [5, 5.41) is 0.427. The third-order valence-corrected chi connectivity index (χ3v) is 6.14. The summed E-state index contributed by atoms with van der Waals surface area (Å²) >= 11 is 6.13. The number of pyridine rings is 1. The normalized spacial score (nSPS) is 23.4. The maximum atomic E-state index is 12.7. The number of hydrogen-bond acceptors (Lipinski definition) is 4. The predicted molar refractivity (Wildman–Crippen MR) is 107 cm³/mol. The minimum Gasteiger partial charge on any atom is -0.338 e. The van der Waals surface area contributed by atoms with Gasteiger partial charge in [0.1, 0.15) is 0 Å². The second-order valence-corrected chi connectivity index (χ2v) is 8.06. The van der Waals surface area contributed by atoms with E-state index in [1.54, 1.807) is 12.3 Å². The lowest BCUT2D eigenvalue weighted by Gasteiger charge is -2.23. The number of halogens is 1. The van der Waals surface area contributed by atoms with Gasteiger partial charge in [-0.1, -0.05) is 41.9 Å². The number of amides is 1. The van der Waals surface area contributed by atoms with E-state index in [2.05, 4.69) is 22.0 Å². The van der Waals surface area contributed by atoms with E-state index in [-0.39, 0.29) is 11.9 Å². The summed E-state index contributed by atoms with van der Waals surface area (Å²) in [4.78, 5) is 21.1. The summed E-state index contributed by atoms with van der Waals surface area (Å²) in [6.45, 7) is 4.71. The van der Waals surface area contributed by atoms with E-state index in [1.165, 1.54) is 11.8 Å². The van der Waals surface area contributed by atoms with Gasteiger partial charge in [-0.3, -0.25) is 9.78 Å². The molecule has 4 rings (SSSR count). The Morgan fingerprint density at radius 3 is 2.52 bits per heavy atom. The first kappa shape index (κ1) is 18.4. The van der Waals surface area contributed by atoms with E-state index in [1.807, 2.05) is 23.1 Å². The Hall–Kier alpha value is -1.95. The van der Waals surface area contributed by atoms with Crippen LogP contribution in [0.25, 0.3) is 0 Å². The lowest BCUT2D eigenvalue weighted by Crippen LogP contribution is -2.34. The number of carbonyl (C=O) groups excluding carboxylic acids is 1. The predicted octanol–water partition coefficient (Wildman–Crippen LogP) is 2.83. The van der Waals surface area contributed by atoms with E-state index in [4.69, 9.17) is 17.3 Å². The largest absolute Gasteiger partial charge is 0.338 e. The number of hydrogen-bond donors (Lipinski definition) is 1. The van der Waals surface area contributed by atoms with Crippen LogP contribution in [-0.2, 0) is 0 Å². The lowest BCUT2D eigenvalue weighted by atomic mass is 10.0. The van der Waals surface area contributed by atoms with E-state index < -0.39 is 0 Å². The van der Waals surface area contributed by atoms with Crippen molar-refractivity contribution in [2.75, 3.05) is 32.7 Å². The number of likely N-dealkylation sites (tertiary alicyclic amines) is 2. The maximum absolute atomic E-state index is 12.7. The highest BCUT2D eigenvalue weighted by Crippen LogP contribution is 2.33. The van der Waals surface area contributed by atoms with Crippen LogP contribution in [0, 0.1) is 11.8 Å². The van der Waals surface area contributed by atoms with Crippen molar-refractivity contribution in [2.45, 2.75) is 12.5 Å². The molecule has 2 fully saturated rings. The number of carbonyl (C=O) groups is 1. The van der Waals surface area contributed by atoms with Crippen LogP contribution in [0.1, 0.15) is 28.4 Å². The van der Waals surface area contributed by atoms with Gasteiger partial charge in [0.05, 0.1) is 10.6 Å². The quantitative estimate of drug-likeness (QED) is 0.861. The molecule has 3 heterocycles. The van der Waals surface area contributed by atoms with Gasteiger partial charge < -0.3 is 15.5 Å². The van der Waals surface area contributed by atoms with Crippen LogP contribution < -0.4 is 5.73 Å². The number of nitrogens with zero attached hydrogens (tertiary/aromatic N) is 3. The molecule has 0 saturated carbocycles. The molecule has 2 saturated heterocycles. The summed E-state index contributed by atoms with van der Waals surface area (Å²) in [5.74, 6) is 1.11. The average molecular weight is 385 g/mol. The fraction of sp³-hybridized carbons (Fsp3) is 0.429. The Morgan fingerprint density at radius 1 is 1.15 bits per heavy atom. The fourth-order valence-corrected chi connectivity index (χ4v) is 4.55. The molecular weight excluding hydrogens is 360 g/mol. The van der Waals surface area contributed by atoms with Crippen LogP contribution in [0.2, 0.25) is 5.02 Å². The standard InChI is InChI=1S/C21H25ClN4O/c22-19-10-24-8-6-18(19)21(27)26-13-16-11-25(12-17(16)14-26)9-7-20(23)15-4-2-1-3-5-15/h1-6,8,10,16-17,20H,7,9,11-14,23H2/t16?,17?,20-/m0/s1. The lowest BCUT2D eigenvalue weighted by molar-refractivity contribution is 0.0774. The van der Waals surface area contributed by atoms with Gasteiger partial charge >= 0.3 is 0 Å². The highest BCUT2D eigenvalue weighted by Gasteiger charge is 2.41. The smallest absolute Gasteiger partial charge is 0.255 e. The molecule has 2 aromatic rings. The van der Waals surface area contributed by atoms with E-state index in [0.29, 0.717) is 22.4 Å². The van der Waals surface area contributed by atoms with Gasteiger partial charge in [0.15, 0.2) is 0 Å². The zero-order valence-corrected chi connectivity index (χ0v) is 16.1. The van der Waals surface area contributed by atoms with Crippen molar-refractivity contribution in [1.29, 1.82) is 0 Å². The van der Waals surface area contributed by atoms with Crippen LogP contribution in [-0.4, -0.2) is 53.4 Å². The fourth-order valence-electron chi connectivity index (χ4n) is 4.35. The van der Waals surface area contributed by atoms with Crippen LogP contribution in [0.4, 0.5) is 0 Å². The second kappa shape index (κ2) is 7.97. The highest BCUT2D eigenvalue weighted by molar-refractivity contribution is 6.33. The number of fused-ring (bicyclic) bond motifs is 1. The molecule has 27 heavy (non-hydrogen) atoms. The molecule has 2 N–H and O–H groups in total. The van der Waals surface area contributed by atoms with Crippen LogP contribution in [0.5, 0.6) is 0 Å². The number of benzene rings is 1. The first-order valence-corrected chi connectivity index (χ1v) is 9.91. The van der Waals surface area contributed by atoms with E-state index in [0.717, 1.165) is 39.1 Å². The molecule has 0 bridgehead atoms. The topological polar surface area (TPSA) is 62.5 Å². The van der Waals surface area contributed by atoms with Gasteiger partial charge in [0, 0.05) is 44.6 Å². The summed E-state index contributed by atoms with van der Waals surface area (Å²) in [7, 11) is 0. The van der Waals surface area contributed by atoms with E-state index in [9.17, 15) is 4.79 Å². The molecule has 2 unspecified atom stereocenters. The minimum absolute atomic E-state index is 0.0226. The number of nitrogens with two attached hydrogens (primary N) is 1. The molecule has 0 aliphatic carbocycles. The number of aromatic nitrogens is 1. The summed E-state index contributed by atoms with van der Waals surface area (Å²) in [6, 6.07) is 12.1. The summed E-state index contributed by atoms with van der Waals surface area (Å²) < 4.78 is 0. The Morgan fingerprint density at radius 2 is 1.85 bits per heavy atom. The Labute approximate surface area is 165 Å². The van der Waals surface area contributed by atoms with Gasteiger partial charge in [-0.15, -0.1) is 0 Å². The molecule has 2 aliphatic rings. The Kier molecular flexibility index (Phi) is 5.43. The van der Waals surface area contributed by atoms with Crippen LogP contribution in [0.15, 0.2) is 48.8 Å². The van der Waals surface area contributed by atoms with Crippen molar-refractivity contribution < 1.29 is 4.79 Å². The van der Waals surface area contributed by atoms with Crippen molar-refractivity contribution in [3.05, 3.63) is 64.9 Å². The molecule has 6 heteroatoms. The van der Waals surface area contributed by atoms with Crippen molar-refractivity contribution in [3.63, 3.8) is 0 Å². The SMILES string of the molecule is N[C@@H](CCN1CC2CN(C(=O)c3ccncc3Cl)CC2C1)c1ccccc1. The number of rotatable bonds is 5. The van der Waals surface area contributed by atoms with Crippen molar-refractivity contribution in [1.82, 2.24) is 14.8 Å². The van der Waals surface area contributed by atoms with Gasteiger partial charge in [0.25, 0.3) is 5.91 Å². The van der Waals surface area contributed by atoms with Crippen molar-refractivity contribution >= 4 is 17.5 Å². The molecule has 0 radical (unpaired) electrons.